The highest BCUT2D eigenvalue weighted by Crippen LogP contribution is 2.17. The molecule has 0 saturated heterocycles. The Hall–Kier alpha value is -2.46. The maximum atomic E-state index is 12.4. The van der Waals surface area contributed by atoms with Crippen LogP contribution in [0.4, 0.5) is 0 Å². The van der Waals surface area contributed by atoms with Crippen LogP contribution in [0.5, 0.6) is 0 Å². The van der Waals surface area contributed by atoms with Crippen molar-refractivity contribution in [3.63, 3.8) is 0 Å². The molecule has 0 radical (unpaired) electrons. The zero-order valence-electron chi connectivity index (χ0n) is 11.9. The molecule has 4 nitrogen and oxygen atoms in total. The number of hydrogen-bond donors (Lipinski definition) is 1. The van der Waals surface area contributed by atoms with E-state index >= 15 is 0 Å². The molecule has 0 atom stereocenters. The molecule has 106 valence electrons. The van der Waals surface area contributed by atoms with E-state index in [0.29, 0.717) is 12.1 Å². The Kier molecular flexibility index (Phi) is 3.54. The average molecular weight is 279 g/mol. The molecule has 0 aliphatic carbocycles. The molecule has 0 bridgehead atoms. The molecule has 2 heterocycles. The first-order valence-corrected chi connectivity index (χ1v) is 6.92. The van der Waals surface area contributed by atoms with E-state index in [2.05, 4.69) is 4.98 Å². The van der Waals surface area contributed by atoms with Crippen molar-refractivity contribution in [2.45, 2.75) is 20.0 Å². The molecule has 3 aromatic rings. The summed E-state index contributed by atoms with van der Waals surface area (Å²) in [7, 11) is 0. The van der Waals surface area contributed by atoms with Crippen molar-refractivity contribution in [1.82, 2.24) is 9.55 Å². The second-order valence-corrected chi connectivity index (χ2v) is 5.08. The minimum atomic E-state index is -0.0154. The van der Waals surface area contributed by atoms with Crippen molar-refractivity contribution in [3.05, 3.63) is 75.8 Å². The van der Waals surface area contributed by atoms with Gasteiger partial charge in [-0.15, -0.1) is 0 Å². The van der Waals surface area contributed by atoms with Gasteiger partial charge in [-0.1, -0.05) is 24.3 Å². The fraction of sp³-hybridized carbons (Fsp3) is 0.176. The molecule has 0 spiro atoms. The topological polar surface area (TPSA) is 60.9 Å². The first-order valence-electron chi connectivity index (χ1n) is 6.92. The smallest absolute Gasteiger partial charge is 0.255 e. The van der Waals surface area contributed by atoms with E-state index in [0.717, 1.165) is 22.2 Å². The van der Waals surface area contributed by atoms with Crippen LogP contribution < -0.4 is 11.3 Å². The van der Waals surface area contributed by atoms with Crippen LogP contribution in [-0.2, 0) is 13.1 Å². The highest BCUT2D eigenvalue weighted by atomic mass is 16.1. The van der Waals surface area contributed by atoms with Crippen LogP contribution in [0.2, 0.25) is 0 Å². The van der Waals surface area contributed by atoms with E-state index in [1.54, 1.807) is 16.8 Å². The van der Waals surface area contributed by atoms with Gasteiger partial charge in [-0.05, 0) is 30.7 Å². The highest BCUT2D eigenvalue weighted by molar-refractivity contribution is 5.81. The molecule has 0 amide bonds. The van der Waals surface area contributed by atoms with Crippen molar-refractivity contribution in [2.75, 3.05) is 0 Å². The standard InChI is InChI=1S/C17H17N3O/c1-12-6-7-13(10-18)17(21)20(12)11-14-8-9-19-16-5-3-2-4-15(14)16/h2-9H,10-11,18H2,1H3. The summed E-state index contributed by atoms with van der Waals surface area (Å²) in [5.74, 6) is 0. The summed E-state index contributed by atoms with van der Waals surface area (Å²) in [4.78, 5) is 16.8. The molecule has 21 heavy (non-hydrogen) atoms. The van der Waals surface area contributed by atoms with E-state index in [1.807, 2.05) is 43.3 Å². The van der Waals surface area contributed by atoms with Gasteiger partial charge in [-0.3, -0.25) is 9.78 Å². The quantitative estimate of drug-likeness (QED) is 0.799. The molecule has 4 heteroatoms. The van der Waals surface area contributed by atoms with Gasteiger partial charge in [0.05, 0.1) is 12.1 Å². The molecule has 0 unspecified atom stereocenters. The van der Waals surface area contributed by atoms with Crippen molar-refractivity contribution < 1.29 is 0 Å². The highest BCUT2D eigenvalue weighted by Gasteiger charge is 2.08. The van der Waals surface area contributed by atoms with Gasteiger partial charge in [-0.25, -0.2) is 0 Å². The van der Waals surface area contributed by atoms with Crippen LogP contribution in [0.15, 0.2) is 53.5 Å². The largest absolute Gasteiger partial charge is 0.326 e. The number of pyridine rings is 2. The van der Waals surface area contributed by atoms with Gasteiger partial charge in [0.2, 0.25) is 0 Å². The fourth-order valence-electron chi connectivity index (χ4n) is 2.53. The van der Waals surface area contributed by atoms with Crippen molar-refractivity contribution >= 4 is 10.9 Å². The van der Waals surface area contributed by atoms with E-state index in [-0.39, 0.29) is 12.1 Å². The minimum absolute atomic E-state index is 0.0154. The number of aromatic nitrogens is 2. The predicted octanol–water partition coefficient (Wildman–Crippen LogP) is 2.21. The molecule has 0 aliphatic rings. The Morgan fingerprint density at radius 3 is 2.71 bits per heavy atom. The minimum Gasteiger partial charge on any atom is -0.326 e. The summed E-state index contributed by atoms with van der Waals surface area (Å²) in [5, 5.41) is 1.07. The van der Waals surface area contributed by atoms with Gasteiger partial charge in [0.1, 0.15) is 0 Å². The number of nitrogens with two attached hydrogens (primary N) is 1. The average Bonchev–Trinajstić information content (AvgIpc) is 2.52. The summed E-state index contributed by atoms with van der Waals surface area (Å²) in [6.07, 6.45) is 1.78. The van der Waals surface area contributed by atoms with E-state index < -0.39 is 0 Å². The fourth-order valence-corrected chi connectivity index (χ4v) is 2.53. The van der Waals surface area contributed by atoms with E-state index in [1.165, 1.54) is 0 Å². The number of hydrogen-bond acceptors (Lipinski definition) is 3. The Bertz CT molecular complexity index is 847. The number of fused-ring (bicyclic) bond motifs is 1. The molecule has 3 rings (SSSR count). The third-order valence-corrected chi connectivity index (χ3v) is 3.76. The number of benzene rings is 1. The third kappa shape index (κ3) is 2.45. The molecule has 2 aromatic heterocycles. The maximum Gasteiger partial charge on any atom is 0.255 e. The van der Waals surface area contributed by atoms with Crippen LogP contribution in [0, 0.1) is 6.92 Å². The molecular weight excluding hydrogens is 262 g/mol. The second kappa shape index (κ2) is 5.50. The van der Waals surface area contributed by atoms with Gasteiger partial charge in [-0.2, -0.15) is 0 Å². The first-order chi connectivity index (χ1) is 10.2. The Balaban J connectivity index is 2.13. The molecule has 1 aromatic carbocycles. The van der Waals surface area contributed by atoms with E-state index in [9.17, 15) is 4.79 Å². The molecule has 0 saturated carbocycles. The van der Waals surface area contributed by atoms with Gasteiger partial charge in [0.25, 0.3) is 5.56 Å². The zero-order valence-corrected chi connectivity index (χ0v) is 11.9. The van der Waals surface area contributed by atoms with Crippen LogP contribution in [0.1, 0.15) is 16.8 Å². The van der Waals surface area contributed by atoms with Gasteiger partial charge in [0.15, 0.2) is 0 Å². The molecule has 2 N–H and O–H groups in total. The van der Waals surface area contributed by atoms with Crippen LogP contribution >= 0.6 is 0 Å². The lowest BCUT2D eigenvalue weighted by Crippen LogP contribution is -2.27. The third-order valence-electron chi connectivity index (χ3n) is 3.76. The molecule has 0 aliphatic heterocycles. The zero-order chi connectivity index (χ0) is 14.8. The normalized spacial score (nSPS) is 11.0. The lowest BCUT2D eigenvalue weighted by Gasteiger charge is -2.13. The number of nitrogens with zero attached hydrogens (tertiary/aromatic N) is 2. The lowest BCUT2D eigenvalue weighted by atomic mass is 10.1. The lowest BCUT2D eigenvalue weighted by molar-refractivity contribution is 0.719. The number of rotatable bonds is 3. The van der Waals surface area contributed by atoms with Gasteiger partial charge < -0.3 is 10.3 Å². The first kappa shape index (κ1) is 13.5. The van der Waals surface area contributed by atoms with Crippen molar-refractivity contribution in [3.8, 4) is 0 Å². The summed E-state index contributed by atoms with van der Waals surface area (Å²) in [6.45, 7) is 2.73. The summed E-state index contributed by atoms with van der Waals surface area (Å²) in [6, 6.07) is 13.7. The van der Waals surface area contributed by atoms with Crippen LogP contribution in [-0.4, -0.2) is 9.55 Å². The summed E-state index contributed by atoms with van der Waals surface area (Å²) < 4.78 is 1.77. The number of aryl methyl sites for hydroxylation is 1. The van der Waals surface area contributed by atoms with Gasteiger partial charge >= 0.3 is 0 Å². The maximum absolute atomic E-state index is 12.4. The predicted molar refractivity (Wildman–Crippen MR) is 84.2 cm³/mol. The Morgan fingerprint density at radius 2 is 1.90 bits per heavy atom. The second-order valence-electron chi connectivity index (χ2n) is 5.08. The van der Waals surface area contributed by atoms with Crippen LogP contribution in [0.25, 0.3) is 10.9 Å². The van der Waals surface area contributed by atoms with E-state index in [4.69, 9.17) is 5.73 Å². The van der Waals surface area contributed by atoms with Crippen molar-refractivity contribution in [2.24, 2.45) is 5.73 Å². The SMILES string of the molecule is Cc1ccc(CN)c(=O)n1Cc1ccnc2ccccc12. The Morgan fingerprint density at radius 1 is 1.10 bits per heavy atom. The monoisotopic (exact) mass is 279 g/mol. The Labute approximate surface area is 122 Å². The van der Waals surface area contributed by atoms with Crippen molar-refractivity contribution in [1.29, 1.82) is 0 Å². The molecule has 0 fully saturated rings. The number of para-hydroxylation sites is 1. The molecular formula is C17H17N3O. The van der Waals surface area contributed by atoms with Crippen LogP contribution in [0.3, 0.4) is 0 Å². The van der Waals surface area contributed by atoms with Gasteiger partial charge in [0, 0.05) is 29.4 Å². The summed E-state index contributed by atoms with van der Waals surface area (Å²) >= 11 is 0. The summed E-state index contributed by atoms with van der Waals surface area (Å²) in [5.41, 5.74) is 9.21.